The Balaban J connectivity index is 2.38. The molecule has 0 aliphatic carbocycles. The van der Waals surface area contributed by atoms with Crippen molar-refractivity contribution in [3.8, 4) is 0 Å². The third-order valence-electron chi connectivity index (χ3n) is 0.711. The molecule has 1 atom stereocenters. The van der Waals surface area contributed by atoms with Gasteiger partial charge in [0.25, 0.3) is 0 Å². The fraction of sp³-hybridized carbons (Fsp3) is 0.500. The van der Waals surface area contributed by atoms with Crippen LogP contribution in [0.1, 0.15) is 0 Å². The third kappa shape index (κ3) is 0.758. The lowest BCUT2D eigenvalue weighted by molar-refractivity contribution is 1.18. The van der Waals surface area contributed by atoms with Crippen molar-refractivity contribution in [1.29, 1.82) is 0 Å². The molecule has 1 unspecified atom stereocenters. The smallest absolute Gasteiger partial charge is 0.0697 e. The first-order valence-electron chi connectivity index (χ1n) is 1.93. The van der Waals surface area contributed by atoms with Gasteiger partial charge in [0.15, 0.2) is 0 Å². The van der Waals surface area contributed by atoms with E-state index in [4.69, 9.17) is 5.73 Å². The normalized spacial score (nSPS) is 31.8. The maximum atomic E-state index is 5.41. The largest absolute Gasteiger partial charge is 0.316 e. The molecule has 0 saturated carbocycles. The highest BCUT2D eigenvalue weighted by atomic mass is 32.2. The van der Waals surface area contributed by atoms with E-state index in [1.165, 1.54) is 0 Å². The average Bonchev–Trinajstić information content (AvgIpc) is 1.86. The van der Waals surface area contributed by atoms with Crippen LogP contribution in [-0.4, -0.2) is 11.1 Å². The van der Waals surface area contributed by atoms with Gasteiger partial charge in [0.2, 0.25) is 0 Å². The molecule has 2 N–H and O–H groups in total. The first-order valence-corrected chi connectivity index (χ1v) is 2.98. The Morgan fingerprint density at radius 1 is 1.83 bits per heavy atom. The van der Waals surface area contributed by atoms with Crippen LogP contribution >= 0.6 is 11.8 Å². The second-order valence-electron chi connectivity index (χ2n) is 1.23. The summed E-state index contributed by atoms with van der Waals surface area (Å²) in [6.07, 6.45) is 4.11. The monoisotopic (exact) mass is 101 g/mol. The lowest BCUT2D eigenvalue weighted by Crippen LogP contribution is -2.07. The summed E-state index contributed by atoms with van der Waals surface area (Å²) in [5.74, 6) is 1.10. The minimum atomic E-state index is 0.282. The van der Waals surface area contributed by atoms with Crippen molar-refractivity contribution in [3.63, 3.8) is 0 Å². The van der Waals surface area contributed by atoms with E-state index in [0.29, 0.717) is 0 Å². The van der Waals surface area contributed by atoms with Gasteiger partial charge in [-0.1, -0.05) is 12.2 Å². The van der Waals surface area contributed by atoms with Crippen LogP contribution in [0.25, 0.3) is 0 Å². The van der Waals surface area contributed by atoms with Gasteiger partial charge in [-0.25, -0.2) is 0 Å². The van der Waals surface area contributed by atoms with Crippen LogP contribution in [0, 0.1) is 0 Å². The van der Waals surface area contributed by atoms with Crippen LogP contribution in [0.4, 0.5) is 0 Å². The molecule has 6 heavy (non-hydrogen) atoms. The van der Waals surface area contributed by atoms with Crippen molar-refractivity contribution >= 4 is 11.8 Å². The van der Waals surface area contributed by atoms with E-state index in [9.17, 15) is 0 Å². The van der Waals surface area contributed by atoms with Gasteiger partial charge in [-0.3, -0.25) is 0 Å². The molecule has 0 spiro atoms. The van der Waals surface area contributed by atoms with Gasteiger partial charge in [-0.05, 0) is 0 Å². The van der Waals surface area contributed by atoms with E-state index in [1.807, 2.05) is 6.08 Å². The molecule has 1 nitrogen and oxygen atoms in total. The zero-order valence-corrected chi connectivity index (χ0v) is 4.24. The molecule has 0 aromatic rings. The fourth-order valence-electron chi connectivity index (χ4n) is 0.412. The molecule has 0 aromatic carbocycles. The second kappa shape index (κ2) is 1.67. The molecule has 1 aliphatic rings. The topological polar surface area (TPSA) is 26.0 Å². The minimum Gasteiger partial charge on any atom is -0.316 e. The molecule has 1 heterocycles. The molecule has 0 saturated heterocycles. The molecule has 0 radical (unpaired) electrons. The Morgan fingerprint density at radius 2 is 2.67 bits per heavy atom. The highest BCUT2D eigenvalue weighted by molar-refractivity contribution is 8.00. The highest BCUT2D eigenvalue weighted by Crippen LogP contribution is 2.12. The van der Waals surface area contributed by atoms with Crippen LogP contribution in [0.15, 0.2) is 12.2 Å². The quantitative estimate of drug-likeness (QED) is 0.451. The maximum absolute atomic E-state index is 5.41. The van der Waals surface area contributed by atoms with Gasteiger partial charge < -0.3 is 5.73 Å². The Hall–Kier alpha value is 0.0500. The van der Waals surface area contributed by atoms with Crippen LogP contribution in [-0.2, 0) is 0 Å². The van der Waals surface area contributed by atoms with E-state index < -0.39 is 0 Å². The summed E-state index contributed by atoms with van der Waals surface area (Å²) in [6.45, 7) is 0. The first kappa shape index (κ1) is 4.22. The third-order valence-corrected chi connectivity index (χ3v) is 1.64. The molecule has 2 heteroatoms. The van der Waals surface area contributed by atoms with E-state index in [2.05, 4.69) is 6.08 Å². The number of rotatable bonds is 0. The van der Waals surface area contributed by atoms with Crippen LogP contribution in [0.5, 0.6) is 0 Å². The Bertz CT molecular complexity index is 69.9. The molecule has 0 bridgehead atoms. The summed E-state index contributed by atoms with van der Waals surface area (Å²) in [7, 11) is 0. The van der Waals surface area contributed by atoms with Gasteiger partial charge >= 0.3 is 0 Å². The molecular weight excluding hydrogens is 94.1 g/mol. The van der Waals surface area contributed by atoms with Crippen molar-refractivity contribution in [2.45, 2.75) is 5.37 Å². The molecular formula is C4H7NS. The number of nitrogens with two attached hydrogens (primary N) is 1. The van der Waals surface area contributed by atoms with Gasteiger partial charge in [0.1, 0.15) is 0 Å². The predicted octanol–water partition coefficient (Wildman–Crippen LogP) is 0.574. The Labute approximate surface area is 41.6 Å². The minimum absolute atomic E-state index is 0.282. The van der Waals surface area contributed by atoms with Gasteiger partial charge in [0.05, 0.1) is 5.37 Å². The van der Waals surface area contributed by atoms with Gasteiger partial charge in [-0.2, -0.15) is 0 Å². The van der Waals surface area contributed by atoms with Gasteiger partial charge in [-0.15, -0.1) is 11.8 Å². The molecule has 0 fully saturated rings. The Kier molecular flexibility index (Phi) is 1.17. The van der Waals surface area contributed by atoms with E-state index in [1.54, 1.807) is 11.8 Å². The summed E-state index contributed by atoms with van der Waals surface area (Å²) >= 11 is 1.76. The molecule has 34 valence electrons. The van der Waals surface area contributed by atoms with Crippen molar-refractivity contribution in [2.75, 3.05) is 5.75 Å². The lowest BCUT2D eigenvalue weighted by atomic mass is 10.5. The maximum Gasteiger partial charge on any atom is 0.0697 e. The van der Waals surface area contributed by atoms with Crippen LogP contribution in [0.3, 0.4) is 0 Å². The van der Waals surface area contributed by atoms with Crippen molar-refractivity contribution in [1.82, 2.24) is 0 Å². The zero-order chi connectivity index (χ0) is 4.41. The van der Waals surface area contributed by atoms with Gasteiger partial charge in [0, 0.05) is 5.75 Å². The van der Waals surface area contributed by atoms with Crippen molar-refractivity contribution in [2.24, 2.45) is 5.73 Å². The zero-order valence-electron chi connectivity index (χ0n) is 3.42. The summed E-state index contributed by atoms with van der Waals surface area (Å²) in [5.41, 5.74) is 5.41. The lowest BCUT2D eigenvalue weighted by Gasteiger charge is -1.90. The molecule has 0 amide bonds. The molecule has 1 rings (SSSR count). The summed E-state index contributed by atoms with van der Waals surface area (Å²) < 4.78 is 0. The SMILES string of the molecule is NC1C=CCS1. The van der Waals surface area contributed by atoms with Crippen LogP contribution in [0.2, 0.25) is 0 Å². The molecule has 0 aromatic heterocycles. The number of thioether (sulfide) groups is 1. The fourth-order valence-corrected chi connectivity index (χ4v) is 1.08. The second-order valence-corrected chi connectivity index (χ2v) is 2.44. The summed E-state index contributed by atoms with van der Waals surface area (Å²) in [5, 5.41) is 0.282. The van der Waals surface area contributed by atoms with E-state index >= 15 is 0 Å². The summed E-state index contributed by atoms with van der Waals surface area (Å²) in [6, 6.07) is 0. The van der Waals surface area contributed by atoms with E-state index in [0.717, 1.165) is 5.75 Å². The number of hydrogen-bond acceptors (Lipinski definition) is 2. The highest BCUT2D eigenvalue weighted by Gasteiger charge is 1.99. The summed E-state index contributed by atoms with van der Waals surface area (Å²) in [4.78, 5) is 0. The molecule has 1 aliphatic heterocycles. The first-order chi connectivity index (χ1) is 2.89. The van der Waals surface area contributed by atoms with E-state index in [-0.39, 0.29) is 5.37 Å². The predicted molar refractivity (Wildman–Crippen MR) is 29.6 cm³/mol. The van der Waals surface area contributed by atoms with Crippen LogP contribution < -0.4 is 5.73 Å². The standard InChI is InChI=1S/C4H7NS/c5-4-2-1-3-6-4/h1-2,4H,3,5H2. The van der Waals surface area contributed by atoms with Crippen molar-refractivity contribution < 1.29 is 0 Å². The Morgan fingerprint density at radius 3 is 2.83 bits per heavy atom. The number of hydrogen-bond donors (Lipinski definition) is 1. The average molecular weight is 101 g/mol. The van der Waals surface area contributed by atoms with Crippen molar-refractivity contribution in [3.05, 3.63) is 12.2 Å².